The van der Waals surface area contributed by atoms with Crippen LogP contribution in [-0.2, 0) is 0 Å². The fourth-order valence-corrected chi connectivity index (χ4v) is 1.28. The number of rotatable bonds is 1. The first kappa shape index (κ1) is 8.38. The Hall–Kier alpha value is -2.22. The molecule has 2 N–H and O–H groups in total. The molecule has 2 heterocycles. The third-order valence-corrected chi connectivity index (χ3v) is 1.98. The second-order valence-electron chi connectivity index (χ2n) is 2.78. The highest BCUT2D eigenvalue weighted by Crippen LogP contribution is 2.20. The summed E-state index contributed by atoms with van der Waals surface area (Å²) in [5.74, 6) is 1.00. The molecule has 0 radical (unpaired) electrons. The third kappa shape index (κ3) is 1.05. The van der Waals surface area contributed by atoms with Gasteiger partial charge in [-0.2, -0.15) is 5.26 Å². The van der Waals surface area contributed by atoms with Gasteiger partial charge in [-0.25, -0.2) is 4.98 Å². The van der Waals surface area contributed by atoms with Gasteiger partial charge in [-0.15, -0.1) is 0 Å². The van der Waals surface area contributed by atoms with Crippen molar-refractivity contribution in [1.82, 2.24) is 9.38 Å². The number of nitrogen functional groups attached to an aromatic ring is 1. The lowest BCUT2D eigenvalue weighted by Crippen LogP contribution is -1.96. The van der Waals surface area contributed by atoms with Crippen molar-refractivity contribution in [3.63, 3.8) is 0 Å². The Bertz CT molecular complexity index is 523. The maximum absolute atomic E-state index is 8.83. The van der Waals surface area contributed by atoms with Crippen molar-refractivity contribution in [3.8, 4) is 11.8 Å². The molecule has 0 fully saturated rings. The van der Waals surface area contributed by atoms with Crippen molar-refractivity contribution in [2.45, 2.75) is 0 Å². The lowest BCUT2D eigenvalue weighted by Gasteiger charge is -2.03. The van der Waals surface area contributed by atoms with Crippen LogP contribution < -0.4 is 10.5 Å². The molecule has 14 heavy (non-hydrogen) atoms. The van der Waals surface area contributed by atoms with E-state index in [1.165, 1.54) is 13.3 Å². The van der Waals surface area contributed by atoms with Gasteiger partial charge in [0.15, 0.2) is 0 Å². The Morgan fingerprint density at radius 2 is 2.43 bits per heavy atom. The summed E-state index contributed by atoms with van der Waals surface area (Å²) in [6.45, 7) is 0. The van der Waals surface area contributed by atoms with Crippen LogP contribution >= 0.6 is 0 Å². The van der Waals surface area contributed by atoms with Gasteiger partial charge in [0.2, 0.25) is 0 Å². The van der Waals surface area contributed by atoms with E-state index >= 15 is 0 Å². The fraction of sp³-hybridized carbons (Fsp3) is 0.111. The zero-order chi connectivity index (χ0) is 10.1. The molecule has 0 aromatic carbocycles. The lowest BCUT2D eigenvalue weighted by molar-refractivity contribution is 0.413. The highest BCUT2D eigenvalue weighted by Gasteiger charge is 2.07. The number of aromatic nitrogens is 2. The smallest absolute Gasteiger partial charge is 0.142 e. The second-order valence-corrected chi connectivity index (χ2v) is 2.78. The van der Waals surface area contributed by atoms with Crippen LogP contribution in [0.25, 0.3) is 5.65 Å². The number of methoxy groups -OCH3 is 1. The molecule has 0 amide bonds. The van der Waals surface area contributed by atoms with Crippen molar-refractivity contribution in [2.24, 2.45) is 0 Å². The van der Waals surface area contributed by atoms with E-state index in [-0.39, 0.29) is 0 Å². The van der Waals surface area contributed by atoms with Crippen molar-refractivity contribution >= 4 is 11.5 Å². The van der Waals surface area contributed by atoms with Crippen LogP contribution in [0.5, 0.6) is 5.75 Å². The molecule has 5 heteroatoms. The van der Waals surface area contributed by atoms with Crippen molar-refractivity contribution in [1.29, 1.82) is 5.26 Å². The van der Waals surface area contributed by atoms with Crippen LogP contribution in [0.2, 0.25) is 0 Å². The minimum Gasteiger partial charge on any atom is -0.495 e. The van der Waals surface area contributed by atoms with E-state index in [2.05, 4.69) is 4.98 Å². The van der Waals surface area contributed by atoms with E-state index in [9.17, 15) is 0 Å². The number of imidazole rings is 1. The molecule has 2 aromatic rings. The Morgan fingerprint density at radius 3 is 3.07 bits per heavy atom. The molecular weight excluding hydrogens is 180 g/mol. The maximum atomic E-state index is 8.83. The summed E-state index contributed by atoms with van der Waals surface area (Å²) in [7, 11) is 1.51. The number of nitrogens with zero attached hydrogens (tertiary/aromatic N) is 3. The molecule has 0 unspecified atom stereocenters. The van der Waals surface area contributed by atoms with E-state index in [1.807, 2.05) is 6.07 Å². The molecule has 0 aliphatic carbocycles. The summed E-state index contributed by atoms with van der Waals surface area (Å²) in [6, 6.07) is 3.70. The summed E-state index contributed by atoms with van der Waals surface area (Å²) in [5.41, 5.74) is 6.74. The zero-order valence-corrected chi connectivity index (χ0v) is 7.56. The minimum atomic E-state index is 0.435. The summed E-state index contributed by atoms with van der Waals surface area (Å²) in [6.07, 6.45) is 3.15. The van der Waals surface area contributed by atoms with E-state index < -0.39 is 0 Å². The molecule has 0 aliphatic rings. The Kier molecular flexibility index (Phi) is 1.75. The topological polar surface area (TPSA) is 76.3 Å². The molecule has 0 atom stereocenters. The van der Waals surface area contributed by atoms with Crippen molar-refractivity contribution in [3.05, 3.63) is 24.0 Å². The first-order valence-corrected chi connectivity index (χ1v) is 3.97. The van der Waals surface area contributed by atoms with Gasteiger partial charge in [-0.1, -0.05) is 0 Å². The first-order valence-electron chi connectivity index (χ1n) is 3.97. The van der Waals surface area contributed by atoms with Crippen LogP contribution in [0.3, 0.4) is 0 Å². The van der Waals surface area contributed by atoms with Crippen molar-refractivity contribution < 1.29 is 4.74 Å². The molecular formula is C9H8N4O. The van der Waals surface area contributed by atoms with Gasteiger partial charge < -0.3 is 10.5 Å². The number of fused-ring (bicyclic) bond motifs is 1. The number of anilines is 1. The predicted molar refractivity (Wildman–Crippen MR) is 50.9 cm³/mol. The molecule has 2 rings (SSSR count). The average molecular weight is 188 g/mol. The molecule has 0 saturated heterocycles. The number of ether oxygens (including phenoxy) is 1. The largest absolute Gasteiger partial charge is 0.495 e. The number of hydrogen-bond donors (Lipinski definition) is 1. The van der Waals surface area contributed by atoms with Crippen molar-refractivity contribution in [2.75, 3.05) is 12.8 Å². The van der Waals surface area contributed by atoms with Gasteiger partial charge in [-0.05, 0) is 0 Å². The van der Waals surface area contributed by atoms with Crippen LogP contribution in [0.1, 0.15) is 5.56 Å². The first-order chi connectivity index (χ1) is 6.76. The average Bonchev–Trinajstić information content (AvgIpc) is 2.58. The molecule has 0 bridgehead atoms. The van der Waals surface area contributed by atoms with Crippen LogP contribution in [-0.4, -0.2) is 16.5 Å². The summed E-state index contributed by atoms with van der Waals surface area (Å²) in [5, 5.41) is 8.83. The van der Waals surface area contributed by atoms with Gasteiger partial charge in [-0.3, -0.25) is 4.40 Å². The number of nitrogens with two attached hydrogens (primary N) is 1. The van der Waals surface area contributed by atoms with Crippen LogP contribution in [0.4, 0.5) is 5.82 Å². The Balaban J connectivity index is 2.79. The maximum Gasteiger partial charge on any atom is 0.142 e. The SMILES string of the molecule is COc1cc2ncc(N)n2cc1C#N. The van der Waals surface area contributed by atoms with E-state index in [4.69, 9.17) is 15.7 Å². The second kappa shape index (κ2) is 2.92. The van der Waals surface area contributed by atoms with Gasteiger partial charge >= 0.3 is 0 Å². The molecule has 5 nitrogen and oxygen atoms in total. The molecule has 0 saturated carbocycles. The monoisotopic (exact) mass is 188 g/mol. The van der Waals surface area contributed by atoms with E-state index in [0.717, 1.165) is 0 Å². The molecule has 0 spiro atoms. The molecule has 0 aliphatic heterocycles. The van der Waals surface area contributed by atoms with Crippen LogP contribution in [0, 0.1) is 11.3 Å². The zero-order valence-electron chi connectivity index (χ0n) is 7.56. The van der Waals surface area contributed by atoms with E-state index in [1.54, 1.807) is 16.7 Å². The number of hydrogen-bond acceptors (Lipinski definition) is 4. The van der Waals surface area contributed by atoms with Gasteiger partial charge in [0.05, 0.1) is 13.3 Å². The predicted octanol–water partition coefficient (Wildman–Crippen LogP) is 0.797. The normalized spacial score (nSPS) is 10.0. The van der Waals surface area contributed by atoms with E-state index in [0.29, 0.717) is 22.8 Å². The number of pyridine rings is 1. The summed E-state index contributed by atoms with van der Waals surface area (Å²) in [4.78, 5) is 4.05. The molecule has 70 valence electrons. The van der Waals surface area contributed by atoms with Gasteiger partial charge in [0.1, 0.15) is 28.8 Å². The lowest BCUT2D eigenvalue weighted by atomic mass is 10.3. The summed E-state index contributed by atoms with van der Waals surface area (Å²) < 4.78 is 6.68. The quantitative estimate of drug-likeness (QED) is 0.718. The number of nitriles is 1. The molecule has 2 aromatic heterocycles. The van der Waals surface area contributed by atoms with Gasteiger partial charge in [0.25, 0.3) is 0 Å². The Labute approximate surface area is 80.3 Å². The standard InChI is InChI=1S/C9H8N4O/c1-14-7-2-9-12-4-8(11)13(9)5-6(7)3-10/h2,4-5H,11H2,1H3. The fourth-order valence-electron chi connectivity index (χ4n) is 1.28. The minimum absolute atomic E-state index is 0.435. The third-order valence-electron chi connectivity index (χ3n) is 1.98. The van der Waals surface area contributed by atoms with Crippen LogP contribution in [0.15, 0.2) is 18.5 Å². The Morgan fingerprint density at radius 1 is 1.64 bits per heavy atom. The summed E-state index contributed by atoms with van der Waals surface area (Å²) >= 11 is 0. The highest BCUT2D eigenvalue weighted by atomic mass is 16.5. The van der Waals surface area contributed by atoms with Gasteiger partial charge in [0, 0.05) is 12.3 Å². The highest BCUT2D eigenvalue weighted by molar-refractivity contribution is 5.56.